The molecule has 98 valence electrons. The Morgan fingerprint density at radius 3 is 2.56 bits per heavy atom. The molecule has 0 heterocycles. The van der Waals surface area contributed by atoms with E-state index in [1.54, 1.807) is 31.4 Å². The molecule has 0 aliphatic rings. The van der Waals surface area contributed by atoms with Gasteiger partial charge in [0.1, 0.15) is 0 Å². The van der Waals surface area contributed by atoms with E-state index in [4.69, 9.17) is 32.8 Å². The maximum atomic E-state index is 11.3. The average molecular weight is 290 g/mol. The molecule has 0 unspecified atom stereocenters. The predicted molar refractivity (Wildman–Crippen MR) is 71.5 cm³/mol. The predicted octanol–water partition coefficient (Wildman–Crippen LogP) is 2.70. The van der Waals surface area contributed by atoms with Gasteiger partial charge in [0.05, 0.1) is 13.2 Å². The maximum absolute atomic E-state index is 11.3. The second-order valence-corrected chi connectivity index (χ2v) is 4.22. The van der Waals surface area contributed by atoms with Crippen molar-refractivity contribution < 1.29 is 14.4 Å². The van der Waals surface area contributed by atoms with Crippen molar-refractivity contribution in [1.29, 1.82) is 0 Å². The van der Waals surface area contributed by atoms with Gasteiger partial charge in [0, 0.05) is 23.2 Å². The molecule has 0 aliphatic carbocycles. The standard InChI is InChI=1S/C12H13Cl2NO3/c1-17-4-5-18-15-12(16)3-2-9-6-10(13)8-11(14)7-9/h2-3,6-8H,4-5H2,1H3,(H,15,16)/b3-2+. The summed E-state index contributed by atoms with van der Waals surface area (Å²) in [6.07, 6.45) is 2.92. The number of halogens is 2. The van der Waals surface area contributed by atoms with E-state index in [0.29, 0.717) is 23.3 Å². The molecule has 1 N–H and O–H groups in total. The molecule has 6 heteroatoms. The molecule has 0 saturated heterocycles. The van der Waals surface area contributed by atoms with Crippen LogP contribution in [-0.4, -0.2) is 26.2 Å². The quantitative estimate of drug-likeness (QED) is 0.498. The largest absolute Gasteiger partial charge is 0.382 e. The van der Waals surface area contributed by atoms with Crippen molar-refractivity contribution in [2.75, 3.05) is 20.3 Å². The zero-order valence-electron chi connectivity index (χ0n) is 9.78. The van der Waals surface area contributed by atoms with Crippen LogP contribution in [0.3, 0.4) is 0 Å². The van der Waals surface area contributed by atoms with E-state index < -0.39 is 0 Å². The number of ether oxygens (including phenoxy) is 1. The fourth-order valence-electron chi connectivity index (χ4n) is 1.12. The molecular weight excluding hydrogens is 277 g/mol. The summed E-state index contributed by atoms with van der Waals surface area (Å²) in [6, 6.07) is 5.01. The summed E-state index contributed by atoms with van der Waals surface area (Å²) >= 11 is 11.7. The number of carbonyl (C=O) groups excluding carboxylic acids is 1. The third-order valence-corrected chi connectivity index (χ3v) is 2.31. The first-order valence-electron chi connectivity index (χ1n) is 5.16. The maximum Gasteiger partial charge on any atom is 0.267 e. The van der Waals surface area contributed by atoms with E-state index in [-0.39, 0.29) is 5.91 Å². The van der Waals surface area contributed by atoms with E-state index in [1.807, 2.05) is 0 Å². The molecule has 0 spiro atoms. The number of amides is 1. The highest BCUT2D eigenvalue weighted by Gasteiger charge is 1.97. The lowest BCUT2D eigenvalue weighted by atomic mass is 10.2. The van der Waals surface area contributed by atoms with Crippen LogP contribution in [0.1, 0.15) is 5.56 Å². The number of rotatable bonds is 6. The first-order valence-corrected chi connectivity index (χ1v) is 5.92. The Bertz CT molecular complexity index is 415. The number of hydrogen-bond acceptors (Lipinski definition) is 3. The van der Waals surface area contributed by atoms with Gasteiger partial charge in [0.2, 0.25) is 0 Å². The van der Waals surface area contributed by atoms with Crippen LogP contribution >= 0.6 is 23.2 Å². The highest BCUT2D eigenvalue weighted by Crippen LogP contribution is 2.19. The van der Waals surface area contributed by atoms with Crippen molar-refractivity contribution in [3.05, 3.63) is 39.9 Å². The third-order valence-electron chi connectivity index (χ3n) is 1.87. The Hall–Kier alpha value is -1.07. The molecule has 4 nitrogen and oxygen atoms in total. The average Bonchev–Trinajstić information content (AvgIpc) is 2.31. The molecule has 1 rings (SSSR count). The summed E-state index contributed by atoms with van der Waals surface area (Å²) < 4.78 is 4.76. The van der Waals surface area contributed by atoms with Gasteiger partial charge in [-0.3, -0.25) is 9.63 Å². The molecule has 0 bridgehead atoms. The molecule has 18 heavy (non-hydrogen) atoms. The lowest BCUT2D eigenvalue weighted by molar-refractivity contribution is -0.129. The zero-order chi connectivity index (χ0) is 13.4. The van der Waals surface area contributed by atoms with Gasteiger partial charge in [0.25, 0.3) is 5.91 Å². The second-order valence-electron chi connectivity index (χ2n) is 3.34. The van der Waals surface area contributed by atoms with Crippen molar-refractivity contribution >= 4 is 35.2 Å². The van der Waals surface area contributed by atoms with Crippen molar-refractivity contribution in [3.8, 4) is 0 Å². The zero-order valence-corrected chi connectivity index (χ0v) is 11.3. The van der Waals surface area contributed by atoms with Gasteiger partial charge < -0.3 is 4.74 Å². The minimum atomic E-state index is -0.373. The Morgan fingerprint density at radius 2 is 1.94 bits per heavy atom. The summed E-state index contributed by atoms with van der Waals surface area (Å²) in [4.78, 5) is 16.2. The van der Waals surface area contributed by atoms with Crippen LogP contribution in [0.25, 0.3) is 6.08 Å². The Balaban J connectivity index is 2.45. The smallest absolute Gasteiger partial charge is 0.267 e. The fraction of sp³-hybridized carbons (Fsp3) is 0.250. The van der Waals surface area contributed by atoms with E-state index in [2.05, 4.69) is 5.48 Å². The van der Waals surface area contributed by atoms with Crippen molar-refractivity contribution in [2.24, 2.45) is 0 Å². The molecule has 1 aromatic carbocycles. The summed E-state index contributed by atoms with van der Waals surface area (Å²) in [5, 5.41) is 1.03. The SMILES string of the molecule is COCCONC(=O)/C=C/c1cc(Cl)cc(Cl)c1. The van der Waals surface area contributed by atoms with Gasteiger partial charge in [-0.05, 0) is 29.8 Å². The van der Waals surface area contributed by atoms with E-state index in [9.17, 15) is 4.79 Å². The van der Waals surface area contributed by atoms with E-state index >= 15 is 0 Å². The van der Waals surface area contributed by atoms with Gasteiger partial charge in [-0.15, -0.1) is 0 Å². The summed E-state index contributed by atoms with van der Waals surface area (Å²) in [5.74, 6) is -0.373. The van der Waals surface area contributed by atoms with Gasteiger partial charge in [-0.25, -0.2) is 5.48 Å². The van der Waals surface area contributed by atoms with Crippen LogP contribution in [0.5, 0.6) is 0 Å². The summed E-state index contributed by atoms with van der Waals surface area (Å²) in [7, 11) is 1.55. The van der Waals surface area contributed by atoms with Crippen molar-refractivity contribution in [1.82, 2.24) is 5.48 Å². The second kappa shape index (κ2) is 8.11. The molecule has 0 aliphatic heterocycles. The Kier molecular flexibility index (Phi) is 6.75. The minimum absolute atomic E-state index is 0.291. The van der Waals surface area contributed by atoms with Gasteiger partial charge >= 0.3 is 0 Å². The lowest BCUT2D eigenvalue weighted by Gasteiger charge is -2.02. The van der Waals surface area contributed by atoms with Crippen molar-refractivity contribution in [3.63, 3.8) is 0 Å². The highest BCUT2D eigenvalue weighted by molar-refractivity contribution is 6.34. The Labute approximate surface area is 115 Å². The lowest BCUT2D eigenvalue weighted by Crippen LogP contribution is -2.23. The fourth-order valence-corrected chi connectivity index (χ4v) is 1.67. The van der Waals surface area contributed by atoms with Gasteiger partial charge in [-0.1, -0.05) is 23.2 Å². The van der Waals surface area contributed by atoms with Crippen molar-refractivity contribution in [2.45, 2.75) is 0 Å². The van der Waals surface area contributed by atoms with Crippen LogP contribution in [0, 0.1) is 0 Å². The number of methoxy groups -OCH3 is 1. The van der Waals surface area contributed by atoms with Crippen LogP contribution in [-0.2, 0) is 14.4 Å². The van der Waals surface area contributed by atoms with Gasteiger partial charge in [-0.2, -0.15) is 0 Å². The number of hydrogen-bond donors (Lipinski definition) is 1. The van der Waals surface area contributed by atoms with Crippen LogP contribution in [0.2, 0.25) is 10.0 Å². The van der Waals surface area contributed by atoms with E-state index in [1.165, 1.54) is 6.08 Å². The van der Waals surface area contributed by atoms with Crippen LogP contribution < -0.4 is 5.48 Å². The molecule has 0 radical (unpaired) electrons. The molecule has 1 amide bonds. The Morgan fingerprint density at radius 1 is 1.28 bits per heavy atom. The topological polar surface area (TPSA) is 47.6 Å². The van der Waals surface area contributed by atoms with Crippen LogP contribution in [0.4, 0.5) is 0 Å². The molecule has 0 saturated carbocycles. The monoisotopic (exact) mass is 289 g/mol. The molecular formula is C12H13Cl2NO3. The highest BCUT2D eigenvalue weighted by atomic mass is 35.5. The first kappa shape index (κ1) is 15.0. The van der Waals surface area contributed by atoms with Gasteiger partial charge in [0.15, 0.2) is 0 Å². The molecule has 0 aromatic heterocycles. The molecule has 1 aromatic rings. The summed E-state index contributed by atoms with van der Waals surface area (Å²) in [5.41, 5.74) is 2.98. The number of carbonyl (C=O) groups is 1. The number of benzene rings is 1. The first-order chi connectivity index (χ1) is 8.61. The number of nitrogens with one attached hydrogen (secondary N) is 1. The van der Waals surface area contributed by atoms with Crippen LogP contribution in [0.15, 0.2) is 24.3 Å². The summed E-state index contributed by atoms with van der Waals surface area (Å²) in [6.45, 7) is 0.701. The van der Waals surface area contributed by atoms with E-state index in [0.717, 1.165) is 5.56 Å². The normalized spacial score (nSPS) is 10.8. The third kappa shape index (κ3) is 6.02. The minimum Gasteiger partial charge on any atom is -0.382 e. The molecule has 0 atom stereocenters. The molecule has 0 fully saturated rings. The number of hydroxylamine groups is 1.